The maximum Gasteiger partial charge on any atom is 0.409 e. The van der Waals surface area contributed by atoms with E-state index in [9.17, 15) is 9.59 Å². The molecule has 0 saturated carbocycles. The summed E-state index contributed by atoms with van der Waals surface area (Å²) in [5.41, 5.74) is 0.383. The predicted molar refractivity (Wildman–Crippen MR) is 81.0 cm³/mol. The van der Waals surface area contributed by atoms with Crippen molar-refractivity contribution in [3.8, 4) is 0 Å². The monoisotopic (exact) mass is 330 g/mol. The van der Waals surface area contributed by atoms with Crippen molar-refractivity contribution >= 4 is 35.2 Å². The third-order valence-corrected chi connectivity index (χ3v) is 3.82. The highest BCUT2D eigenvalue weighted by Crippen LogP contribution is 2.22. The van der Waals surface area contributed by atoms with Crippen LogP contribution in [0.25, 0.3) is 0 Å². The molecule has 1 aliphatic rings. The van der Waals surface area contributed by atoms with E-state index in [1.165, 1.54) is 0 Å². The lowest BCUT2D eigenvalue weighted by Gasteiger charge is -2.34. The molecule has 5 nitrogen and oxygen atoms in total. The molecule has 2 rings (SSSR count). The van der Waals surface area contributed by atoms with E-state index in [-0.39, 0.29) is 12.0 Å². The van der Waals surface area contributed by atoms with E-state index in [1.54, 1.807) is 34.9 Å². The number of piperazine rings is 1. The van der Waals surface area contributed by atoms with Crippen LogP contribution in [0, 0.1) is 0 Å². The second kappa shape index (κ2) is 7.00. The van der Waals surface area contributed by atoms with Crippen molar-refractivity contribution in [2.24, 2.45) is 0 Å². The lowest BCUT2D eigenvalue weighted by molar-refractivity contribution is 0.0570. The molecular weight excluding hydrogens is 315 g/mol. The van der Waals surface area contributed by atoms with E-state index >= 15 is 0 Å². The normalized spacial score (nSPS) is 15.0. The Morgan fingerprint density at radius 3 is 2.38 bits per heavy atom. The summed E-state index contributed by atoms with van der Waals surface area (Å²) in [6.07, 6.45) is -0.342. The van der Waals surface area contributed by atoms with Crippen LogP contribution in [0.2, 0.25) is 10.0 Å². The fourth-order valence-electron chi connectivity index (χ4n) is 2.14. The van der Waals surface area contributed by atoms with Crippen LogP contribution in [0.5, 0.6) is 0 Å². The average Bonchev–Trinajstić information content (AvgIpc) is 2.49. The molecule has 21 heavy (non-hydrogen) atoms. The largest absolute Gasteiger partial charge is 0.450 e. The van der Waals surface area contributed by atoms with Crippen molar-refractivity contribution in [2.45, 2.75) is 6.92 Å². The lowest BCUT2D eigenvalue weighted by atomic mass is 10.2. The van der Waals surface area contributed by atoms with Crippen LogP contribution in [0.15, 0.2) is 18.2 Å². The highest BCUT2D eigenvalue weighted by molar-refractivity contribution is 6.35. The Balaban J connectivity index is 2.00. The molecule has 0 aromatic heterocycles. The van der Waals surface area contributed by atoms with Gasteiger partial charge >= 0.3 is 6.09 Å². The zero-order chi connectivity index (χ0) is 15.4. The molecule has 2 amide bonds. The molecule has 1 aromatic carbocycles. The second-order valence-electron chi connectivity index (χ2n) is 4.60. The van der Waals surface area contributed by atoms with Crippen LogP contribution in [0.1, 0.15) is 17.3 Å². The summed E-state index contributed by atoms with van der Waals surface area (Å²) in [6, 6.07) is 4.80. The van der Waals surface area contributed by atoms with Gasteiger partial charge in [0.25, 0.3) is 5.91 Å². The van der Waals surface area contributed by atoms with Crippen LogP contribution in [-0.2, 0) is 4.74 Å². The van der Waals surface area contributed by atoms with Gasteiger partial charge in [-0.25, -0.2) is 4.79 Å². The molecule has 1 aliphatic heterocycles. The van der Waals surface area contributed by atoms with Gasteiger partial charge in [-0.3, -0.25) is 4.79 Å². The molecule has 7 heteroatoms. The predicted octanol–water partition coefficient (Wildman–Crippen LogP) is 2.91. The summed E-state index contributed by atoms with van der Waals surface area (Å²) in [5, 5.41) is 0.838. The van der Waals surface area contributed by atoms with Gasteiger partial charge in [-0.05, 0) is 25.1 Å². The summed E-state index contributed by atoms with van der Waals surface area (Å²) in [5.74, 6) is -0.175. The number of benzene rings is 1. The lowest BCUT2D eigenvalue weighted by Crippen LogP contribution is -2.50. The number of halogens is 2. The summed E-state index contributed by atoms with van der Waals surface area (Å²) in [6.45, 7) is 3.89. The zero-order valence-electron chi connectivity index (χ0n) is 11.6. The van der Waals surface area contributed by atoms with E-state index in [2.05, 4.69) is 0 Å². The van der Waals surface area contributed by atoms with Crippen molar-refractivity contribution in [1.82, 2.24) is 9.80 Å². The van der Waals surface area contributed by atoms with Crippen LogP contribution in [0.3, 0.4) is 0 Å². The van der Waals surface area contributed by atoms with Gasteiger partial charge in [0.2, 0.25) is 0 Å². The Kier molecular flexibility index (Phi) is 5.31. The van der Waals surface area contributed by atoms with E-state index in [0.29, 0.717) is 48.4 Å². The summed E-state index contributed by atoms with van der Waals surface area (Å²) < 4.78 is 4.94. The van der Waals surface area contributed by atoms with Crippen molar-refractivity contribution in [3.63, 3.8) is 0 Å². The van der Waals surface area contributed by atoms with E-state index < -0.39 is 0 Å². The van der Waals surface area contributed by atoms with Crippen LogP contribution >= 0.6 is 23.2 Å². The smallest absolute Gasteiger partial charge is 0.409 e. The third-order valence-electron chi connectivity index (χ3n) is 3.25. The summed E-state index contributed by atoms with van der Waals surface area (Å²) in [4.78, 5) is 27.3. The minimum Gasteiger partial charge on any atom is -0.450 e. The van der Waals surface area contributed by atoms with E-state index in [1.807, 2.05) is 0 Å². The molecule has 1 saturated heterocycles. The maximum absolute atomic E-state index is 12.4. The fourth-order valence-corrected chi connectivity index (χ4v) is 2.51. The molecule has 1 aromatic rings. The number of hydrogen-bond acceptors (Lipinski definition) is 3. The zero-order valence-corrected chi connectivity index (χ0v) is 13.2. The molecule has 1 heterocycles. The Morgan fingerprint density at radius 1 is 1.14 bits per heavy atom. The third kappa shape index (κ3) is 3.80. The molecule has 0 spiro atoms. The Morgan fingerprint density at radius 2 is 1.76 bits per heavy atom. The number of ether oxygens (including phenoxy) is 1. The van der Waals surface area contributed by atoms with Gasteiger partial charge in [-0.1, -0.05) is 23.2 Å². The van der Waals surface area contributed by atoms with Gasteiger partial charge in [0, 0.05) is 31.2 Å². The second-order valence-corrected chi connectivity index (χ2v) is 5.45. The van der Waals surface area contributed by atoms with Crippen molar-refractivity contribution in [2.75, 3.05) is 32.8 Å². The topological polar surface area (TPSA) is 49.9 Å². The van der Waals surface area contributed by atoms with Gasteiger partial charge in [-0.2, -0.15) is 0 Å². The molecule has 1 fully saturated rings. The number of rotatable bonds is 2. The number of carbonyl (C=O) groups is 2. The number of carbonyl (C=O) groups excluding carboxylic acids is 2. The highest BCUT2D eigenvalue weighted by Gasteiger charge is 2.26. The first-order valence-corrected chi connectivity index (χ1v) is 7.44. The first-order valence-electron chi connectivity index (χ1n) is 6.69. The Labute approximate surface area is 133 Å². The van der Waals surface area contributed by atoms with Gasteiger partial charge in [-0.15, -0.1) is 0 Å². The first kappa shape index (κ1) is 15.9. The summed E-state index contributed by atoms with van der Waals surface area (Å²) in [7, 11) is 0. The molecule has 0 unspecified atom stereocenters. The van der Waals surface area contributed by atoms with Gasteiger partial charge < -0.3 is 14.5 Å². The molecule has 0 N–H and O–H groups in total. The van der Waals surface area contributed by atoms with Crippen molar-refractivity contribution in [3.05, 3.63) is 33.8 Å². The van der Waals surface area contributed by atoms with Gasteiger partial charge in [0.05, 0.1) is 17.2 Å². The molecular formula is C14H16Cl2N2O3. The Bertz CT molecular complexity index is 543. The molecule has 0 bridgehead atoms. The highest BCUT2D eigenvalue weighted by atomic mass is 35.5. The van der Waals surface area contributed by atoms with E-state index in [0.717, 1.165) is 0 Å². The summed E-state index contributed by atoms with van der Waals surface area (Å²) >= 11 is 11.9. The van der Waals surface area contributed by atoms with Crippen LogP contribution in [-0.4, -0.2) is 54.6 Å². The number of hydrogen-bond donors (Lipinski definition) is 0. The van der Waals surface area contributed by atoms with E-state index in [4.69, 9.17) is 27.9 Å². The van der Waals surface area contributed by atoms with Gasteiger partial charge in [0.15, 0.2) is 0 Å². The van der Waals surface area contributed by atoms with Gasteiger partial charge in [0.1, 0.15) is 0 Å². The minimum absolute atomic E-state index is 0.175. The SMILES string of the molecule is CCOC(=O)N1CCN(C(=O)c2cc(Cl)ccc2Cl)CC1. The molecule has 0 atom stereocenters. The number of amides is 2. The van der Waals surface area contributed by atoms with Crippen molar-refractivity contribution < 1.29 is 14.3 Å². The Hall–Kier alpha value is -1.46. The fraction of sp³-hybridized carbons (Fsp3) is 0.429. The van der Waals surface area contributed by atoms with Crippen LogP contribution in [0.4, 0.5) is 4.79 Å². The first-order chi connectivity index (χ1) is 10.0. The quantitative estimate of drug-likeness (QED) is 0.837. The van der Waals surface area contributed by atoms with Crippen molar-refractivity contribution in [1.29, 1.82) is 0 Å². The number of nitrogens with zero attached hydrogens (tertiary/aromatic N) is 2. The average molecular weight is 331 g/mol. The van der Waals surface area contributed by atoms with Crippen LogP contribution < -0.4 is 0 Å². The maximum atomic E-state index is 12.4. The molecule has 114 valence electrons. The standard InChI is InChI=1S/C14H16Cl2N2O3/c1-2-21-14(20)18-7-5-17(6-8-18)13(19)11-9-10(15)3-4-12(11)16/h3-4,9H,2,5-8H2,1H3. The molecule has 0 aliphatic carbocycles. The molecule has 0 radical (unpaired) electrons. The minimum atomic E-state index is -0.342.